The molecule has 1 aliphatic rings. The molecule has 1 aromatic carbocycles. The Morgan fingerprint density at radius 2 is 2.10 bits per heavy atom. The van der Waals surface area contributed by atoms with E-state index in [9.17, 15) is 12.8 Å². The van der Waals surface area contributed by atoms with Gasteiger partial charge in [-0.15, -0.1) is 0 Å². The lowest BCUT2D eigenvalue weighted by Gasteiger charge is -2.22. The van der Waals surface area contributed by atoms with Gasteiger partial charge in [0.05, 0.1) is 9.92 Å². The lowest BCUT2D eigenvalue weighted by atomic mass is 10.2. The van der Waals surface area contributed by atoms with Crippen molar-refractivity contribution in [2.24, 2.45) is 5.73 Å². The van der Waals surface area contributed by atoms with Crippen molar-refractivity contribution in [2.45, 2.75) is 50.1 Å². The Balaban J connectivity index is 2.39. The fourth-order valence-electron chi connectivity index (χ4n) is 2.23. The second kappa shape index (κ2) is 6.60. The van der Waals surface area contributed by atoms with Crippen LogP contribution in [0.25, 0.3) is 0 Å². The lowest BCUT2D eigenvalue weighted by molar-refractivity contribution is 0.395. The van der Waals surface area contributed by atoms with E-state index in [-0.39, 0.29) is 22.5 Å². The molecular weight excluding hydrogens is 315 g/mol. The summed E-state index contributed by atoms with van der Waals surface area (Å²) in [5.41, 5.74) is 5.81. The van der Waals surface area contributed by atoms with Gasteiger partial charge in [-0.2, -0.15) is 4.31 Å². The van der Waals surface area contributed by atoms with Gasteiger partial charge >= 0.3 is 0 Å². The third-order valence-electron chi connectivity index (χ3n) is 3.59. The van der Waals surface area contributed by atoms with E-state index in [0.717, 1.165) is 31.7 Å². The van der Waals surface area contributed by atoms with Gasteiger partial charge in [0.15, 0.2) is 0 Å². The summed E-state index contributed by atoms with van der Waals surface area (Å²) in [5, 5.41) is -0.108. The van der Waals surface area contributed by atoms with Gasteiger partial charge in [-0.1, -0.05) is 24.9 Å². The highest BCUT2D eigenvalue weighted by atomic mass is 35.5. The molecule has 0 bridgehead atoms. The highest BCUT2D eigenvalue weighted by molar-refractivity contribution is 7.89. The number of sulfonamides is 1. The molecule has 0 amide bonds. The molecule has 0 radical (unpaired) electrons. The van der Waals surface area contributed by atoms with Gasteiger partial charge in [-0.25, -0.2) is 12.8 Å². The van der Waals surface area contributed by atoms with E-state index in [1.165, 1.54) is 10.4 Å². The van der Waals surface area contributed by atoms with Gasteiger partial charge in [0, 0.05) is 19.1 Å². The Hall–Kier alpha value is -0.690. The smallest absolute Gasteiger partial charge is 0.243 e. The summed E-state index contributed by atoms with van der Waals surface area (Å²) in [6, 6.07) is 2.40. The maximum Gasteiger partial charge on any atom is 0.243 e. The van der Waals surface area contributed by atoms with Gasteiger partial charge in [-0.3, -0.25) is 0 Å². The summed E-state index contributed by atoms with van der Waals surface area (Å²) >= 11 is 5.79. The van der Waals surface area contributed by atoms with E-state index in [1.54, 1.807) is 0 Å². The van der Waals surface area contributed by atoms with Crippen LogP contribution in [0.1, 0.15) is 38.2 Å². The Morgan fingerprint density at radius 3 is 2.62 bits per heavy atom. The number of benzene rings is 1. The minimum atomic E-state index is -3.70. The number of halogens is 2. The lowest BCUT2D eigenvalue weighted by Crippen LogP contribution is -2.34. The van der Waals surface area contributed by atoms with Crippen molar-refractivity contribution in [1.82, 2.24) is 4.31 Å². The van der Waals surface area contributed by atoms with Crippen LogP contribution in [-0.4, -0.2) is 25.3 Å². The normalized spacial score (nSPS) is 15.7. The van der Waals surface area contributed by atoms with Gasteiger partial charge in [0.25, 0.3) is 0 Å². The molecule has 118 valence electrons. The zero-order valence-corrected chi connectivity index (χ0v) is 13.6. The van der Waals surface area contributed by atoms with Crippen molar-refractivity contribution < 1.29 is 12.8 Å². The van der Waals surface area contributed by atoms with Gasteiger partial charge in [-0.05, 0) is 37.0 Å². The predicted molar refractivity (Wildman–Crippen MR) is 81.1 cm³/mol. The van der Waals surface area contributed by atoms with Crippen LogP contribution in [0.3, 0.4) is 0 Å². The molecule has 1 saturated carbocycles. The highest BCUT2D eigenvalue weighted by Crippen LogP contribution is 2.34. The molecule has 21 heavy (non-hydrogen) atoms. The van der Waals surface area contributed by atoms with Gasteiger partial charge < -0.3 is 5.73 Å². The molecule has 2 rings (SSSR count). The van der Waals surface area contributed by atoms with Gasteiger partial charge in [0.2, 0.25) is 10.0 Å². The largest absolute Gasteiger partial charge is 0.326 e. The third kappa shape index (κ3) is 3.56. The number of nitrogens with two attached hydrogens (primary N) is 1. The molecule has 0 aliphatic heterocycles. The monoisotopic (exact) mass is 334 g/mol. The Kier molecular flexibility index (Phi) is 5.24. The zero-order valence-electron chi connectivity index (χ0n) is 12.0. The van der Waals surface area contributed by atoms with Crippen molar-refractivity contribution in [3.8, 4) is 0 Å². The third-order valence-corrected chi connectivity index (χ3v) is 5.94. The average molecular weight is 335 g/mol. The maximum atomic E-state index is 13.8. The van der Waals surface area contributed by atoms with Crippen LogP contribution in [0.4, 0.5) is 4.39 Å². The average Bonchev–Trinajstić information content (AvgIpc) is 3.26. The van der Waals surface area contributed by atoms with E-state index in [2.05, 4.69) is 0 Å². The number of hydrogen-bond donors (Lipinski definition) is 1. The summed E-state index contributed by atoms with van der Waals surface area (Å²) < 4.78 is 40.8. The summed E-state index contributed by atoms with van der Waals surface area (Å²) in [5.74, 6) is -0.746. The van der Waals surface area contributed by atoms with Crippen molar-refractivity contribution in [1.29, 1.82) is 0 Å². The van der Waals surface area contributed by atoms with E-state index < -0.39 is 15.8 Å². The van der Waals surface area contributed by atoms with Crippen LogP contribution in [0, 0.1) is 5.82 Å². The second-order valence-electron chi connectivity index (χ2n) is 5.28. The first-order valence-electron chi connectivity index (χ1n) is 7.11. The summed E-state index contributed by atoms with van der Waals surface area (Å²) in [6.07, 6.45) is 3.42. The molecule has 7 heteroatoms. The zero-order chi connectivity index (χ0) is 15.6. The van der Waals surface area contributed by atoms with Crippen LogP contribution in [-0.2, 0) is 16.6 Å². The molecule has 0 spiro atoms. The van der Waals surface area contributed by atoms with E-state index >= 15 is 0 Å². The summed E-state index contributed by atoms with van der Waals surface area (Å²) in [6.45, 7) is 2.47. The molecule has 0 aromatic heterocycles. The first-order chi connectivity index (χ1) is 9.91. The molecular formula is C14H20ClFN2O2S. The molecule has 0 heterocycles. The number of rotatable bonds is 7. The molecule has 0 atom stereocenters. The Bertz CT molecular complexity index is 618. The minimum Gasteiger partial charge on any atom is -0.326 e. The quantitative estimate of drug-likeness (QED) is 0.834. The highest BCUT2D eigenvalue weighted by Gasteiger charge is 2.38. The molecule has 1 aliphatic carbocycles. The molecule has 1 fully saturated rings. The van der Waals surface area contributed by atoms with E-state index in [4.69, 9.17) is 17.3 Å². The Labute approximate surface area is 130 Å². The first kappa shape index (κ1) is 16.7. The fourth-order valence-corrected chi connectivity index (χ4v) is 4.20. The molecule has 2 N–H and O–H groups in total. The molecule has 0 saturated heterocycles. The fraction of sp³-hybridized carbons (Fsp3) is 0.571. The van der Waals surface area contributed by atoms with Crippen LogP contribution in [0.2, 0.25) is 5.02 Å². The van der Waals surface area contributed by atoms with Crippen LogP contribution in [0.5, 0.6) is 0 Å². The number of unbranched alkanes of at least 4 members (excludes halogenated alkanes) is 1. The molecule has 4 nitrogen and oxygen atoms in total. The minimum absolute atomic E-state index is 0.00248. The Morgan fingerprint density at radius 1 is 1.43 bits per heavy atom. The summed E-state index contributed by atoms with van der Waals surface area (Å²) in [4.78, 5) is -0.0622. The van der Waals surface area contributed by atoms with E-state index in [1.807, 2.05) is 6.92 Å². The van der Waals surface area contributed by atoms with Crippen LogP contribution >= 0.6 is 11.6 Å². The second-order valence-corrected chi connectivity index (χ2v) is 7.55. The topological polar surface area (TPSA) is 63.4 Å². The number of nitrogens with zero attached hydrogens (tertiary/aromatic N) is 1. The standard InChI is InChI=1S/C14H20ClFN2O2S/c1-2-3-6-18(11-4-5-11)21(19,20)12-7-10(9-17)14(15)13(16)8-12/h7-8,11H,2-6,9,17H2,1H3. The first-order valence-corrected chi connectivity index (χ1v) is 8.93. The summed E-state index contributed by atoms with van der Waals surface area (Å²) in [7, 11) is -3.70. The molecule has 1 aromatic rings. The van der Waals surface area contributed by atoms with Crippen molar-refractivity contribution >= 4 is 21.6 Å². The SMILES string of the molecule is CCCCN(C1CC1)S(=O)(=O)c1cc(F)c(Cl)c(CN)c1. The number of hydrogen-bond acceptors (Lipinski definition) is 3. The van der Waals surface area contributed by atoms with Gasteiger partial charge in [0.1, 0.15) is 5.82 Å². The van der Waals surface area contributed by atoms with E-state index in [0.29, 0.717) is 12.1 Å². The maximum absolute atomic E-state index is 13.8. The van der Waals surface area contributed by atoms with Crippen LogP contribution < -0.4 is 5.73 Å². The van der Waals surface area contributed by atoms with Crippen molar-refractivity contribution in [3.63, 3.8) is 0 Å². The van der Waals surface area contributed by atoms with Crippen molar-refractivity contribution in [3.05, 3.63) is 28.5 Å². The van der Waals surface area contributed by atoms with Crippen LogP contribution in [0.15, 0.2) is 17.0 Å². The van der Waals surface area contributed by atoms with Crippen molar-refractivity contribution in [2.75, 3.05) is 6.54 Å². The molecule has 0 unspecified atom stereocenters. The predicted octanol–water partition coefficient (Wildman–Crippen LogP) is 2.89.